The number of rotatable bonds is 5. The second kappa shape index (κ2) is 9.11. The molecule has 0 aliphatic carbocycles. The predicted octanol–water partition coefficient (Wildman–Crippen LogP) is 2.02. The summed E-state index contributed by atoms with van der Waals surface area (Å²) in [6, 6.07) is 18.9. The number of para-hydroxylation sites is 1. The van der Waals surface area contributed by atoms with Gasteiger partial charge >= 0.3 is 0 Å². The van der Waals surface area contributed by atoms with Crippen LogP contribution in [0.5, 0.6) is 0 Å². The third-order valence-electron chi connectivity index (χ3n) is 5.87. The van der Waals surface area contributed by atoms with Crippen LogP contribution in [0, 0.1) is 0 Å². The zero-order valence-corrected chi connectivity index (χ0v) is 16.6. The minimum atomic E-state index is 0.105. The Morgan fingerprint density at radius 1 is 0.786 bits per heavy atom. The molecule has 2 aromatic rings. The Bertz CT molecular complexity index is 748. The highest BCUT2D eigenvalue weighted by Gasteiger charge is 2.22. The summed E-state index contributed by atoms with van der Waals surface area (Å²) in [4.78, 5) is 18.7. The van der Waals surface area contributed by atoms with E-state index in [0.717, 1.165) is 45.0 Å². The summed E-state index contributed by atoms with van der Waals surface area (Å²) in [5.74, 6) is 0.105. The molecule has 5 nitrogen and oxygen atoms in total. The van der Waals surface area contributed by atoms with E-state index in [1.54, 1.807) is 0 Å². The zero-order chi connectivity index (χ0) is 19.2. The highest BCUT2D eigenvalue weighted by Crippen LogP contribution is 2.21. The molecule has 148 valence electrons. The standard InChI is InChI=1S/C23H30N4O/c28-23(19-25-15-17-27(18-16-25)21-7-3-1-4-8-21)24-20-9-11-22(12-10-20)26-13-5-2-6-14-26/h1,3-4,7-12H,2,5-6,13-19H2,(H,24,28)/p+1. The lowest BCUT2D eigenvalue weighted by Gasteiger charge is -2.33. The van der Waals surface area contributed by atoms with E-state index in [9.17, 15) is 4.79 Å². The highest BCUT2D eigenvalue weighted by molar-refractivity contribution is 5.91. The smallest absolute Gasteiger partial charge is 0.279 e. The van der Waals surface area contributed by atoms with E-state index >= 15 is 0 Å². The molecule has 2 saturated heterocycles. The lowest BCUT2D eigenvalue weighted by molar-refractivity contribution is -0.892. The number of nitrogens with zero attached hydrogens (tertiary/aromatic N) is 2. The molecule has 0 aromatic heterocycles. The van der Waals surface area contributed by atoms with Crippen LogP contribution in [0.3, 0.4) is 0 Å². The Balaban J connectivity index is 1.23. The van der Waals surface area contributed by atoms with Crippen LogP contribution in [0.4, 0.5) is 17.1 Å². The average molecular weight is 380 g/mol. The Kier molecular flexibility index (Phi) is 6.12. The van der Waals surface area contributed by atoms with Crippen molar-refractivity contribution in [2.45, 2.75) is 19.3 Å². The number of piperazine rings is 1. The van der Waals surface area contributed by atoms with Crippen LogP contribution < -0.4 is 20.0 Å². The van der Waals surface area contributed by atoms with Gasteiger partial charge in [-0.2, -0.15) is 0 Å². The second-order valence-corrected chi connectivity index (χ2v) is 7.89. The molecule has 0 atom stereocenters. The first-order chi connectivity index (χ1) is 13.8. The van der Waals surface area contributed by atoms with E-state index in [4.69, 9.17) is 0 Å². The average Bonchev–Trinajstić information content (AvgIpc) is 2.76. The third kappa shape index (κ3) is 4.84. The Morgan fingerprint density at radius 3 is 2.07 bits per heavy atom. The summed E-state index contributed by atoms with van der Waals surface area (Å²) in [6.07, 6.45) is 3.89. The normalized spacial score (nSPS) is 18.1. The minimum Gasteiger partial charge on any atom is -0.372 e. The summed E-state index contributed by atoms with van der Waals surface area (Å²) < 4.78 is 0. The number of amides is 1. The minimum absolute atomic E-state index is 0.105. The molecule has 2 aromatic carbocycles. The lowest BCUT2D eigenvalue weighted by Crippen LogP contribution is -3.15. The van der Waals surface area contributed by atoms with Crippen LogP contribution in [0.2, 0.25) is 0 Å². The molecule has 2 aliphatic rings. The van der Waals surface area contributed by atoms with Gasteiger partial charge in [-0.3, -0.25) is 4.79 Å². The van der Waals surface area contributed by atoms with E-state index in [1.165, 1.54) is 35.5 Å². The van der Waals surface area contributed by atoms with Crippen molar-refractivity contribution in [2.75, 3.05) is 60.9 Å². The first kappa shape index (κ1) is 18.8. The number of carbonyl (C=O) groups excluding carboxylic acids is 1. The Hall–Kier alpha value is -2.53. The summed E-state index contributed by atoms with van der Waals surface area (Å²) >= 11 is 0. The molecular weight excluding hydrogens is 348 g/mol. The Labute approximate surface area is 167 Å². The fourth-order valence-corrected chi connectivity index (χ4v) is 4.24. The van der Waals surface area contributed by atoms with Gasteiger partial charge in [0.25, 0.3) is 5.91 Å². The number of nitrogens with one attached hydrogen (secondary N) is 2. The van der Waals surface area contributed by atoms with Crippen molar-refractivity contribution in [1.82, 2.24) is 0 Å². The summed E-state index contributed by atoms with van der Waals surface area (Å²) in [7, 11) is 0. The maximum absolute atomic E-state index is 12.5. The molecule has 0 bridgehead atoms. The van der Waals surface area contributed by atoms with Crippen molar-refractivity contribution in [3.05, 3.63) is 54.6 Å². The number of piperidine rings is 1. The third-order valence-corrected chi connectivity index (χ3v) is 5.87. The molecule has 2 aliphatic heterocycles. The van der Waals surface area contributed by atoms with Gasteiger partial charge in [-0.1, -0.05) is 18.2 Å². The number of anilines is 3. The summed E-state index contributed by atoms with van der Waals surface area (Å²) in [5.41, 5.74) is 3.44. The van der Waals surface area contributed by atoms with Gasteiger partial charge in [0.1, 0.15) is 0 Å². The summed E-state index contributed by atoms with van der Waals surface area (Å²) in [5, 5.41) is 3.07. The fourth-order valence-electron chi connectivity index (χ4n) is 4.24. The van der Waals surface area contributed by atoms with Crippen molar-refractivity contribution < 1.29 is 9.69 Å². The van der Waals surface area contributed by atoms with Crippen LogP contribution in [-0.2, 0) is 4.79 Å². The molecule has 1 amide bonds. The van der Waals surface area contributed by atoms with E-state index in [1.807, 2.05) is 12.1 Å². The molecular formula is C23H31N4O+. The second-order valence-electron chi connectivity index (χ2n) is 7.89. The van der Waals surface area contributed by atoms with Gasteiger partial charge < -0.3 is 20.0 Å². The van der Waals surface area contributed by atoms with Gasteiger partial charge in [-0.15, -0.1) is 0 Å². The van der Waals surface area contributed by atoms with Crippen LogP contribution in [-0.4, -0.2) is 51.7 Å². The lowest BCUT2D eigenvalue weighted by atomic mass is 10.1. The maximum atomic E-state index is 12.5. The largest absolute Gasteiger partial charge is 0.372 e. The quantitative estimate of drug-likeness (QED) is 0.835. The maximum Gasteiger partial charge on any atom is 0.279 e. The Morgan fingerprint density at radius 2 is 1.39 bits per heavy atom. The molecule has 0 saturated carbocycles. The molecule has 2 heterocycles. The van der Waals surface area contributed by atoms with Gasteiger partial charge in [0.15, 0.2) is 6.54 Å². The number of hydrogen-bond donors (Lipinski definition) is 2. The number of quaternary nitrogens is 1. The molecule has 0 spiro atoms. The SMILES string of the molecule is O=C(C[NH+]1CCN(c2ccccc2)CC1)Nc1ccc(N2CCCCC2)cc1. The van der Waals surface area contributed by atoms with Crippen molar-refractivity contribution in [3.8, 4) is 0 Å². The van der Waals surface area contributed by atoms with Crippen molar-refractivity contribution in [2.24, 2.45) is 0 Å². The monoisotopic (exact) mass is 379 g/mol. The number of carbonyl (C=O) groups is 1. The van der Waals surface area contributed by atoms with Gasteiger partial charge in [0, 0.05) is 30.2 Å². The number of benzene rings is 2. The highest BCUT2D eigenvalue weighted by atomic mass is 16.2. The topological polar surface area (TPSA) is 40.0 Å². The van der Waals surface area contributed by atoms with Gasteiger partial charge in [-0.25, -0.2) is 0 Å². The van der Waals surface area contributed by atoms with Crippen LogP contribution in [0.1, 0.15) is 19.3 Å². The molecule has 4 rings (SSSR count). The van der Waals surface area contributed by atoms with E-state index in [-0.39, 0.29) is 5.91 Å². The van der Waals surface area contributed by atoms with Crippen LogP contribution in [0.25, 0.3) is 0 Å². The van der Waals surface area contributed by atoms with Crippen LogP contribution >= 0.6 is 0 Å². The number of hydrogen-bond acceptors (Lipinski definition) is 3. The first-order valence-electron chi connectivity index (χ1n) is 10.6. The van der Waals surface area contributed by atoms with Gasteiger partial charge in [-0.05, 0) is 55.7 Å². The molecule has 28 heavy (non-hydrogen) atoms. The predicted molar refractivity (Wildman–Crippen MR) is 115 cm³/mol. The van der Waals surface area contributed by atoms with Crippen molar-refractivity contribution in [3.63, 3.8) is 0 Å². The summed E-state index contributed by atoms with van der Waals surface area (Å²) in [6.45, 7) is 6.81. The van der Waals surface area contributed by atoms with Gasteiger partial charge in [0.05, 0.1) is 26.2 Å². The molecule has 5 heteroatoms. The fraction of sp³-hybridized carbons (Fsp3) is 0.435. The molecule has 0 unspecified atom stereocenters. The van der Waals surface area contributed by atoms with Crippen molar-refractivity contribution in [1.29, 1.82) is 0 Å². The van der Waals surface area contributed by atoms with E-state index in [2.05, 4.69) is 57.6 Å². The van der Waals surface area contributed by atoms with Gasteiger partial charge in [0.2, 0.25) is 0 Å². The first-order valence-corrected chi connectivity index (χ1v) is 10.6. The van der Waals surface area contributed by atoms with Crippen LogP contribution in [0.15, 0.2) is 54.6 Å². The van der Waals surface area contributed by atoms with E-state index < -0.39 is 0 Å². The molecule has 2 N–H and O–H groups in total. The van der Waals surface area contributed by atoms with Crippen molar-refractivity contribution >= 4 is 23.0 Å². The zero-order valence-electron chi connectivity index (χ0n) is 16.6. The molecule has 0 radical (unpaired) electrons. The molecule has 2 fully saturated rings. The van der Waals surface area contributed by atoms with E-state index in [0.29, 0.717) is 6.54 Å².